The molecule has 6 nitrogen and oxygen atoms in total. The molecule has 11 heteroatoms. The lowest BCUT2D eigenvalue weighted by Gasteiger charge is -2.08. The number of unbranched alkanes of at least 4 members (excludes halogenated alkanes) is 1. The van der Waals surface area contributed by atoms with Crippen molar-refractivity contribution in [3.63, 3.8) is 0 Å². The third kappa shape index (κ3) is 6.08. The quantitative estimate of drug-likeness (QED) is 0.268. The highest BCUT2D eigenvalue weighted by Gasteiger charge is 2.30. The molecule has 36 heavy (non-hydrogen) atoms. The first-order chi connectivity index (χ1) is 17.3. The number of benzene rings is 2. The number of carbonyl (C=O) groups is 1. The largest absolute Gasteiger partial charge is 0.443 e. The van der Waals surface area contributed by atoms with Crippen molar-refractivity contribution >= 4 is 23.5 Å². The fourth-order valence-corrected chi connectivity index (χ4v) is 4.57. The van der Waals surface area contributed by atoms with Crippen molar-refractivity contribution in [1.82, 2.24) is 10.4 Å². The molecule has 0 bridgehead atoms. The molecule has 1 atom stereocenters. The second-order valence-corrected chi connectivity index (χ2v) is 9.18. The number of thiazole rings is 1. The van der Waals surface area contributed by atoms with Crippen LogP contribution in [-0.2, 0) is 40.1 Å². The van der Waals surface area contributed by atoms with Gasteiger partial charge in [0, 0.05) is 5.56 Å². The maximum absolute atomic E-state index is 14.6. The third-order valence-electron chi connectivity index (χ3n) is 5.43. The fourth-order valence-electron chi connectivity index (χ4n) is 3.52. The van der Waals surface area contributed by atoms with E-state index in [1.807, 2.05) is 0 Å². The fraction of sp³-hybridized carbons (Fsp3) is 0.320. The van der Waals surface area contributed by atoms with Crippen LogP contribution in [0.2, 0.25) is 0 Å². The Kier molecular flexibility index (Phi) is 8.00. The number of rotatable bonds is 10. The van der Waals surface area contributed by atoms with E-state index in [9.17, 15) is 22.4 Å². The maximum atomic E-state index is 14.6. The molecule has 2 aromatic carbocycles. The molecule has 1 N–H and O–H groups in total. The van der Waals surface area contributed by atoms with E-state index < -0.39 is 23.8 Å². The smallest absolute Gasteiger partial charge is 0.416 e. The Bertz CT molecular complexity index is 1240. The van der Waals surface area contributed by atoms with E-state index in [0.717, 1.165) is 42.0 Å². The Labute approximate surface area is 209 Å². The highest BCUT2D eigenvalue weighted by atomic mass is 32.1. The van der Waals surface area contributed by atoms with Crippen molar-refractivity contribution in [1.29, 1.82) is 0 Å². The summed E-state index contributed by atoms with van der Waals surface area (Å²) in [5.41, 5.74) is 3.92. The number of halogens is 4. The summed E-state index contributed by atoms with van der Waals surface area (Å²) in [5.74, 6) is -0.563. The highest BCUT2D eigenvalue weighted by Crippen LogP contribution is 2.34. The van der Waals surface area contributed by atoms with E-state index in [4.69, 9.17) is 9.47 Å². The summed E-state index contributed by atoms with van der Waals surface area (Å²) >= 11 is 1.38. The monoisotopic (exact) mass is 521 g/mol. The highest BCUT2D eigenvalue weighted by molar-refractivity contribution is 7.15. The molecule has 190 valence electrons. The maximum Gasteiger partial charge on any atom is 0.416 e. The van der Waals surface area contributed by atoms with E-state index in [2.05, 4.69) is 22.4 Å². The molecular weight excluding hydrogens is 498 g/mol. The van der Waals surface area contributed by atoms with Gasteiger partial charge in [0.2, 0.25) is 12.1 Å². The van der Waals surface area contributed by atoms with Gasteiger partial charge in [-0.3, -0.25) is 10.2 Å². The molecule has 0 saturated heterocycles. The molecule has 1 unspecified atom stereocenters. The zero-order valence-electron chi connectivity index (χ0n) is 19.3. The van der Waals surface area contributed by atoms with Crippen LogP contribution in [0.25, 0.3) is 10.6 Å². The van der Waals surface area contributed by atoms with Gasteiger partial charge in [-0.1, -0.05) is 31.5 Å². The standard InChI is InChI=1S/C25H23F4N3O3S/c1-2-3-4-20-21(36-24(30-20)16-6-8-17(9-7-16)25(27,28)29)14-34-13-15-5-10-18(19(26)11-15)23-32-31-22(12-33)35-23/h5-12,22,31H,2-4,13-14H2,1H3. The minimum absolute atomic E-state index is 0.00177. The lowest BCUT2D eigenvalue weighted by atomic mass is 10.1. The SMILES string of the molecule is CCCCc1nc(-c2ccc(C(F)(F)F)cc2)sc1COCc1ccc(C2=NNC(C=O)O2)c(F)c1. The zero-order chi connectivity index (χ0) is 25.7. The predicted molar refractivity (Wildman–Crippen MR) is 127 cm³/mol. The van der Waals surface area contributed by atoms with Gasteiger partial charge < -0.3 is 9.47 Å². The number of aldehydes is 1. The number of aromatic nitrogens is 1. The zero-order valence-corrected chi connectivity index (χ0v) is 20.1. The number of nitrogens with zero attached hydrogens (tertiary/aromatic N) is 2. The average molecular weight is 522 g/mol. The summed E-state index contributed by atoms with van der Waals surface area (Å²) in [6.07, 6.45) is -2.19. The minimum Gasteiger partial charge on any atom is -0.443 e. The van der Waals surface area contributed by atoms with E-state index >= 15 is 0 Å². The first kappa shape index (κ1) is 25.8. The average Bonchev–Trinajstić information content (AvgIpc) is 3.50. The molecule has 0 fully saturated rings. The number of nitrogens with one attached hydrogen (secondary N) is 1. The topological polar surface area (TPSA) is 72.8 Å². The number of hydrogen-bond acceptors (Lipinski definition) is 7. The molecule has 4 rings (SSSR count). The first-order valence-corrected chi connectivity index (χ1v) is 12.1. The first-order valence-electron chi connectivity index (χ1n) is 11.3. The normalized spacial score (nSPS) is 15.4. The lowest BCUT2D eigenvalue weighted by molar-refractivity contribution is -0.137. The molecule has 3 aromatic rings. The molecule has 1 aliphatic rings. The summed E-state index contributed by atoms with van der Waals surface area (Å²) < 4.78 is 64.3. The minimum atomic E-state index is -4.39. The summed E-state index contributed by atoms with van der Waals surface area (Å²) in [6, 6.07) is 9.44. The van der Waals surface area contributed by atoms with Gasteiger partial charge in [0.1, 0.15) is 10.8 Å². The van der Waals surface area contributed by atoms with Crippen LogP contribution in [0.5, 0.6) is 0 Å². The van der Waals surface area contributed by atoms with Crippen molar-refractivity contribution in [2.75, 3.05) is 0 Å². The van der Waals surface area contributed by atoms with E-state index in [-0.39, 0.29) is 24.7 Å². The Morgan fingerprint density at radius 2 is 1.94 bits per heavy atom. The predicted octanol–water partition coefficient (Wildman–Crippen LogP) is 5.83. The van der Waals surface area contributed by atoms with E-state index in [1.165, 1.54) is 35.6 Å². The molecule has 0 saturated carbocycles. The van der Waals surface area contributed by atoms with Gasteiger partial charge in [0.25, 0.3) is 0 Å². The van der Waals surface area contributed by atoms with Gasteiger partial charge in [-0.25, -0.2) is 9.37 Å². The number of carbonyl (C=O) groups excluding carboxylic acids is 1. The van der Waals surface area contributed by atoms with Gasteiger partial charge >= 0.3 is 6.18 Å². The van der Waals surface area contributed by atoms with Crippen LogP contribution in [0, 0.1) is 5.82 Å². The summed E-state index contributed by atoms with van der Waals surface area (Å²) in [6.45, 7) is 2.44. The van der Waals surface area contributed by atoms with Crippen LogP contribution in [0.4, 0.5) is 17.6 Å². The van der Waals surface area contributed by atoms with Crippen LogP contribution in [0.15, 0.2) is 47.6 Å². The van der Waals surface area contributed by atoms with E-state index in [1.54, 1.807) is 6.07 Å². The second-order valence-electron chi connectivity index (χ2n) is 8.10. The van der Waals surface area contributed by atoms with Gasteiger partial charge in [0.05, 0.1) is 34.9 Å². The van der Waals surface area contributed by atoms with Crippen LogP contribution >= 0.6 is 11.3 Å². The second kappa shape index (κ2) is 11.2. The molecule has 0 aliphatic carbocycles. The molecular formula is C25H23F4N3O3S. The van der Waals surface area contributed by atoms with Crippen LogP contribution in [0.1, 0.15) is 47.0 Å². The Balaban J connectivity index is 1.43. The molecule has 2 heterocycles. The van der Waals surface area contributed by atoms with E-state index in [0.29, 0.717) is 22.4 Å². The Morgan fingerprint density at radius 3 is 2.58 bits per heavy atom. The van der Waals surface area contributed by atoms with Crippen molar-refractivity contribution in [2.24, 2.45) is 5.10 Å². The number of aryl methyl sites for hydroxylation is 1. The lowest BCUT2D eigenvalue weighted by Crippen LogP contribution is -2.23. The van der Waals surface area contributed by atoms with Gasteiger partial charge in [-0.15, -0.1) is 16.4 Å². The van der Waals surface area contributed by atoms with Crippen LogP contribution < -0.4 is 5.43 Å². The van der Waals surface area contributed by atoms with Gasteiger partial charge in [-0.05, 0) is 42.7 Å². The van der Waals surface area contributed by atoms with Crippen LogP contribution in [0.3, 0.4) is 0 Å². The number of alkyl halides is 3. The van der Waals surface area contributed by atoms with Crippen molar-refractivity contribution in [3.05, 3.63) is 75.5 Å². The van der Waals surface area contributed by atoms with Crippen LogP contribution in [-0.4, -0.2) is 23.4 Å². The van der Waals surface area contributed by atoms with Gasteiger partial charge in [0.15, 0.2) is 6.29 Å². The summed E-state index contributed by atoms with van der Waals surface area (Å²) in [5, 5.41) is 4.44. The Morgan fingerprint density at radius 1 is 1.17 bits per heavy atom. The summed E-state index contributed by atoms with van der Waals surface area (Å²) in [4.78, 5) is 16.3. The van der Waals surface area contributed by atoms with Crippen molar-refractivity contribution in [2.45, 2.75) is 51.8 Å². The Hall–Kier alpha value is -3.31. The summed E-state index contributed by atoms with van der Waals surface area (Å²) in [7, 11) is 0. The molecule has 0 amide bonds. The molecule has 0 radical (unpaired) electrons. The molecule has 1 aliphatic heterocycles. The number of hydrogen-bond donors (Lipinski definition) is 1. The molecule has 0 spiro atoms. The van der Waals surface area contributed by atoms with Crippen molar-refractivity contribution < 1.29 is 31.8 Å². The number of ether oxygens (including phenoxy) is 2. The number of hydrazone groups is 1. The molecule has 1 aromatic heterocycles. The third-order valence-corrected chi connectivity index (χ3v) is 6.55. The van der Waals surface area contributed by atoms with Crippen molar-refractivity contribution in [3.8, 4) is 10.6 Å². The van der Waals surface area contributed by atoms with Gasteiger partial charge in [-0.2, -0.15) is 13.2 Å².